The lowest BCUT2D eigenvalue weighted by Crippen LogP contribution is -2.31. The fourth-order valence-electron chi connectivity index (χ4n) is 1.85. The van der Waals surface area contributed by atoms with Crippen molar-refractivity contribution in [3.05, 3.63) is 62.3 Å². The Morgan fingerprint density at radius 2 is 1.90 bits per heavy atom. The third-order valence-electron chi connectivity index (χ3n) is 2.84. The van der Waals surface area contributed by atoms with E-state index in [4.69, 9.17) is 5.84 Å². The SMILES string of the molecule is NNC(Cc1c(F)cccc1F)c1ncc(Br)cc1Br. The number of aromatic nitrogens is 1. The molecule has 1 atom stereocenters. The number of hydrogen-bond donors (Lipinski definition) is 2. The Morgan fingerprint density at radius 3 is 2.45 bits per heavy atom. The molecule has 20 heavy (non-hydrogen) atoms. The highest BCUT2D eigenvalue weighted by molar-refractivity contribution is 9.11. The van der Waals surface area contributed by atoms with Crippen molar-refractivity contribution in [1.82, 2.24) is 10.4 Å². The minimum Gasteiger partial charge on any atom is -0.271 e. The highest BCUT2D eigenvalue weighted by atomic mass is 79.9. The van der Waals surface area contributed by atoms with E-state index in [0.29, 0.717) is 10.2 Å². The molecule has 0 aliphatic rings. The van der Waals surface area contributed by atoms with Gasteiger partial charge < -0.3 is 0 Å². The number of nitrogens with one attached hydrogen (secondary N) is 1. The molecule has 0 bridgehead atoms. The van der Waals surface area contributed by atoms with E-state index in [2.05, 4.69) is 42.3 Å². The van der Waals surface area contributed by atoms with E-state index in [9.17, 15) is 8.78 Å². The molecule has 0 saturated heterocycles. The number of hydrogen-bond acceptors (Lipinski definition) is 3. The summed E-state index contributed by atoms with van der Waals surface area (Å²) < 4.78 is 28.9. The maximum Gasteiger partial charge on any atom is 0.129 e. The van der Waals surface area contributed by atoms with Crippen molar-refractivity contribution in [2.45, 2.75) is 12.5 Å². The van der Waals surface area contributed by atoms with Crippen molar-refractivity contribution < 1.29 is 8.78 Å². The zero-order valence-corrected chi connectivity index (χ0v) is 13.4. The summed E-state index contributed by atoms with van der Waals surface area (Å²) in [5.41, 5.74) is 3.10. The molecular weight excluding hydrogens is 396 g/mol. The van der Waals surface area contributed by atoms with Gasteiger partial charge in [0, 0.05) is 27.1 Å². The van der Waals surface area contributed by atoms with Crippen LogP contribution in [-0.2, 0) is 6.42 Å². The average Bonchev–Trinajstić information content (AvgIpc) is 2.40. The Hall–Kier alpha value is -0.890. The van der Waals surface area contributed by atoms with E-state index >= 15 is 0 Å². The van der Waals surface area contributed by atoms with Gasteiger partial charge in [-0.1, -0.05) is 6.07 Å². The molecule has 3 N–H and O–H groups in total. The molecule has 0 fully saturated rings. The van der Waals surface area contributed by atoms with E-state index in [0.717, 1.165) is 4.47 Å². The first-order chi connectivity index (χ1) is 9.52. The Morgan fingerprint density at radius 1 is 1.25 bits per heavy atom. The van der Waals surface area contributed by atoms with Gasteiger partial charge in [-0.2, -0.15) is 0 Å². The van der Waals surface area contributed by atoms with E-state index < -0.39 is 17.7 Å². The topological polar surface area (TPSA) is 50.9 Å². The Bertz CT molecular complexity index is 602. The summed E-state index contributed by atoms with van der Waals surface area (Å²) >= 11 is 6.66. The molecule has 0 aliphatic heterocycles. The van der Waals surface area contributed by atoms with Gasteiger partial charge in [0.05, 0.1) is 11.7 Å². The second kappa shape index (κ2) is 6.71. The zero-order chi connectivity index (χ0) is 14.7. The van der Waals surface area contributed by atoms with Gasteiger partial charge in [0.2, 0.25) is 0 Å². The minimum atomic E-state index is -0.599. The van der Waals surface area contributed by atoms with Gasteiger partial charge in [-0.15, -0.1) is 0 Å². The van der Waals surface area contributed by atoms with Crippen molar-refractivity contribution in [3.63, 3.8) is 0 Å². The first kappa shape index (κ1) is 15.5. The quantitative estimate of drug-likeness (QED) is 0.602. The molecule has 1 aromatic carbocycles. The van der Waals surface area contributed by atoms with Crippen LogP contribution in [0.4, 0.5) is 8.78 Å². The molecular formula is C13H11Br2F2N3. The number of nitrogens with zero attached hydrogens (tertiary/aromatic N) is 1. The maximum absolute atomic E-state index is 13.7. The molecule has 0 radical (unpaired) electrons. The third kappa shape index (κ3) is 3.41. The normalized spacial score (nSPS) is 12.4. The molecule has 1 unspecified atom stereocenters. The van der Waals surface area contributed by atoms with Crippen molar-refractivity contribution in [2.24, 2.45) is 5.84 Å². The summed E-state index contributed by atoms with van der Waals surface area (Å²) in [7, 11) is 0. The lowest BCUT2D eigenvalue weighted by Gasteiger charge is -2.17. The number of nitrogens with two attached hydrogens (primary N) is 1. The van der Waals surface area contributed by atoms with Crippen LogP contribution in [0.15, 0.2) is 39.4 Å². The zero-order valence-electron chi connectivity index (χ0n) is 10.2. The molecule has 0 aliphatic carbocycles. The summed E-state index contributed by atoms with van der Waals surface area (Å²) in [5.74, 6) is 4.30. The van der Waals surface area contributed by atoms with Crippen LogP contribution < -0.4 is 11.3 Å². The van der Waals surface area contributed by atoms with Crippen LogP contribution in [0.3, 0.4) is 0 Å². The minimum absolute atomic E-state index is 0.0212. The van der Waals surface area contributed by atoms with Crippen LogP contribution in [-0.4, -0.2) is 4.98 Å². The first-order valence-electron chi connectivity index (χ1n) is 5.73. The first-order valence-corrected chi connectivity index (χ1v) is 7.31. The van der Waals surface area contributed by atoms with Crippen LogP contribution in [0.25, 0.3) is 0 Å². The highest BCUT2D eigenvalue weighted by Crippen LogP contribution is 2.27. The van der Waals surface area contributed by atoms with E-state index in [1.165, 1.54) is 18.2 Å². The fraction of sp³-hybridized carbons (Fsp3) is 0.154. The number of rotatable bonds is 4. The molecule has 2 aromatic rings. The molecule has 3 nitrogen and oxygen atoms in total. The fourth-order valence-corrected chi connectivity index (χ4v) is 3.11. The monoisotopic (exact) mass is 405 g/mol. The van der Waals surface area contributed by atoms with Crippen LogP contribution >= 0.6 is 31.9 Å². The van der Waals surface area contributed by atoms with E-state index in [-0.39, 0.29) is 12.0 Å². The van der Waals surface area contributed by atoms with Gasteiger partial charge in [-0.05, 0) is 50.1 Å². The smallest absolute Gasteiger partial charge is 0.129 e. The van der Waals surface area contributed by atoms with Crippen molar-refractivity contribution in [2.75, 3.05) is 0 Å². The van der Waals surface area contributed by atoms with Gasteiger partial charge in [-0.3, -0.25) is 16.3 Å². The number of halogens is 4. The molecule has 1 aromatic heterocycles. The second-order valence-corrected chi connectivity index (χ2v) is 5.91. The molecule has 7 heteroatoms. The Kier molecular flexibility index (Phi) is 5.20. The number of hydrazine groups is 1. The van der Waals surface area contributed by atoms with Gasteiger partial charge in [0.25, 0.3) is 0 Å². The van der Waals surface area contributed by atoms with Crippen molar-refractivity contribution >= 4 is 31.9 Å². The van der Waals surface area contributed by atoms with Crippen LogP contribution in [0.1, 0.15) is 17.3 Å². The van der Waals surface area contributed by atoms with Crippen LogP contribution in [0.2, 0.25) is 0 Å². The predicted octanol–water partition coefficient (Wildman–Crippen LogP) is 3.63. The largest absolute Gasteiger partial charge is 0.271 e. The van der Waals surface area contributed by atoms with E-state index in [1.54, 1.807) is 12.3 Å². The molecule has 1 heterocycles. The summed E-state index contributed by atoms with van der Waals surface area (Å²) in [6.45, 7) is 0. The molecule has 0 spiro atoms. The lowest BCUT2D eigenvalue weighted by atomic mass is 10.0. The van der Waals surface area contributed by atoms with E-state index in [1.807, 2.05) is 0 Å². The third-order valence-corrected chi connectivity index (χ3v) is 3.91. The molecule has 0 amide bonds. The standard InChI is InChI=1S/C13H11Br2F2N3/c14-7-4-9(15)13(19-6-7)12(20-18)5-8-10(16)2-1-3-11(8)17/h1-4,6,12,20H,5,18H2. The van der Waals surface area contributed by atoms with Crippen LogP contribution in [0.5, 0.6) is 0 Å². The van der Waals surface area contributed by atoms with Gasteiger partial charge >= 0.3 is 0 Å². The number of benzene rings is 1. The number of pyridine rings is 1. The summed E-state index contributed by atoms with van der Waals surface area (Å²) in [5, 5.41) is 0. The maximum atomic E-state index is 13.7. The Labute approximate surface area is 131 Å². The Balaban J connectivity index is 2.34. The van der Waals surface area contributed by atoms with Gasteiger partial charge in [0.1, 0.15) is 11.6 Å². The summed E-state index contributed by atoms with van der Waals surface area (Å²) in [6, 6.07) is 5.05. The van der Waals surface area contributed by atoms with Crippen molar-refractivity contribution in [1.29, 1.82) is 0 Å². The molecule has 106 valence electrons. The summed E-state index contributed by atoms with van der Waals surface area (Å²) in [6.07, 6.45) is 1.66. The van der Waals surface area contributed by atoms with Crippen LogP contribution in [0, 0.1) is 11.6 Å². The van der Waals surface area contributed by atoms with Gasteiger partial charge in [0.15, 0.2) is 0 Å². The molecule has 2 rings (SSSR count). The van der Waals surface area contributed by atoms with Gasteiger partial charge in [-0.25, -0.2) is 8.78 Å². The highest BCUT2D eigenvalue weighted by Gasteiger charge is 2.19. The lowest BCUT2D eigenvalue weighted by molar-refractivity contribution is 0.491. The average molecular weight is 407 g/mol. The second-order valence-electron chi connectivity index (χ2n) is 4.14. The summed E-state index contributed by atoms with van der Waals surface area (Å²) in [4.78, 5) is 4.22. The molecule has 0 saturated carbocycles. The van der Waals surface area contributed by atoms with Crippen molar-refractivity contribution in [3.8, 4) is 0 Å². The predicted molar refractivity (Wildman–Crippen MR) is 79.8 cm³/mol.